The number of carbonyl (C=O) groups is 2. The molecule has 1 aliphatic carbocycles. The SMILES string of the molecule is Cc1ccccc1CNC(=O)c1cnn2c3c(cnc12)C(=O)CCC3. The molecular weight excluding hydrogens is 316 g/mol. The van der Waals surface area contributed by atoms with Crippen molar-refractivity contribution in [3.8, 4) is 0 Å². The molecule has 0 saturated carbocycles. The third-order valence-electron chi connectivity index (χ3n) is 4.69. The molecule has 0 saturated heterocycles. The Morgan fingerprint density at radius 3 is 2.92 bits per heavy atom. The zero-order chi connectivity index (χ0) is 17.4. The van der Waals surface area contributed by atoms with Crippen LogP contribution in [0.5, 0.6) is 0 Å². The number of fused-ring (bicyclic) bond motifs is 3. The van der Waals surface area contributed by atoms with Crippen LogP contribution in [-0.4, -0.2) is 26.3 Å². The second kappa shape index (κ2) is 6.12. The van der Waals surface area contributed by atoms with Gasteiger partial charge in [0.05, 0.1) is 17.5 Å². The first-order chi connectivity index (χ1) is 12.1. The zero-order valence-electron chi connectivity index (χ0n) is 14.0. The molecule has 0 atom stereocenters. The molecule has 6 heteroatoms. The molecule has 0 spiro atoms. The van der Waals surface area contributed by atoms with E-state index in [9.17, 15) is 9.59 Å². The van der Waals surface area contributed by atoms with E-state index in [0.717, 1.165) is 29.7 Å². The fraction of sp³-hybridized carbons (Fsp3) is 0.263. The van der Waals surface area contributed by atoms with E-state index in [1.54, 1.807) is 10.7 Å². The third-order valence-corrected chi connectivity index (χ3v) is 4.69. The number of benzene rings is 1. The van der Waals surface area contributed by atoms with Gasteiger partial charge in [0.2, 0.25) is 0 Å². The van der Waals surface area contributed by atoms with Crippen molar-refractivity contribution in [3.63, 3.8) is 0 Å². The fourth-order valence-corrected chi connectivity index (χ4v) is 3.24. The van der Waals surface area contributed by atoms with Gasteiger partial charge in [0.25, 0.3) is 5.91 Å². The van der Waals surface area contributed by atoms with Crippen molar-refractivity contribution >= 4 is 17.3 Å². The van der Waals surface area contributed by atoms with Crippen LogP contribution in [0.3, 0.4) is 0 Å². The minimum absolute atomic E-state index is 0.0942. The van der Waals surface area contributed by atoms with Crippen LogP contribution in [0.1, 0.15) is 50.4 Å². The molecule has 6 nitrogen and oxygen atoms in total. The zero-order valence-corrected chi connectivity index (χ0v) is 14.0. The van der Waals surface area contributed by atoms with Crippen molar-refractivity contribution in [2.24, 2.45) is 0 Å². The standard InChI is InChI=1S/C19H18N4O2/c1-12-5-2-3-6-13(12)9-21-19(25)15-11-22-23-16-7-4-8-17(24)14(16)10-20-18(15)23/h2-3,5-6,10-11H,4,7-9H2,1H3,(H,21,25). The van der Waals surface area contributed by atoms with Crippen LogP contribution in [0.25, 0.3) is 5.65 Å². The van der Waals surface area contributed by atoms with Gasteiger partial charge < -0.3 is 5.32 Å². The van der Waals surface area contributed by atoms with Gasteiger partial charge in [0.1, 0.15) is 5.56 Å². The van der Waals surface area contributed by atoms with Crippen molar-refractivity contribution < 1.29 is 9.59 Å². The van der Waals surface area contributed by atoms with Crippen molar-refractivity contribution in [2.45, 2.75) is 32.7 Å². The summed E-state index contributed by atoms with van der Waals surface area (Å²) >= 11 is 0. The fourth-order valence-electron chi connectivity index (χ4n) is 3.24. The lowest BCUT2D eigenvalue weighted by atomic mass is 9.96. The molecule has 126 valence electrons. The molecule has 0 bridgehead atoms. The van der Waals surface area contributed by atoms with Gasteiger partial charge >= 0.3 is 0 Å². The number of hydrogen-bond donors (Lipinski definition) is 1. The first-order valence-corrected chi connectivity index (χ1v) is 8.36. The molecule has 1 aliphatic rings. The first kappa shape index (κ1) is 15.5. The number of carbonyl (C=O) groups excluding carboxylic acids is 2. The average molecular weight is 334 g/mol. The molecule has 0 unspecified atom stereocenters. The number of aryl methyl sites for hydroxylation is 2. The highest BCUT2D eigenvalue weighted by molar-refractivity contribution is 6.01. The van der Waals surface area contributed by atoms with Crippen LogP contribution in [0, 0.1) is 6.92 Å². The highest BCUT2D eigenvalue weighted by atomic mass is 16.1. The minimum atomic E-state index is -0.215. The second-order valence-electron chi connectivity index (χ2n) is 6.30. The minimum Gasteiger partial charge on any atom is -0.348 e. The van der Waals surface area contributed by atoms with E-state index in [1.165, 1.54) is 6.20 Å². The monoisotopic (exact) mass is 334 g/mol. The highest BCUT2D eigenvalue weighted by Gasteiger charge is 2.23. The van der Waals surface area contributed by atoms with Crippen molar-refractivity contribution in [1.82, 2.24) is 19.9 Å². The maximum absolute atomic E-state index is 12.6. The van der Waals surface area contributed by atoms with E-state index >= 15 is 0 Å². The quantitative estimate of drug-likeness (QED) is 0.798. The van der Waals surface area contributed by atoms with E-state index in [1.807, 2.05) is 31.2 Å². The highest BCUT2D eigenvalue weighted by Crippen LogP contribution is 2.22. The van der Waals surface area contributed by atoms with Crippen LogP contribution >= 0.6 is 0 Å². The van der Waals surface area contributed by atoms with Crippen molar-refractivity contribution in [1.29, 1.82) is 0 Å². The maximum atomic E-state index is 12.6. The van der Waals surface area contributed by atoms with Crippen molar-refractivity contribution in [3.05, 3.63) is 64.6 Å². The van der Waals surface area contributed by atoms with Gasteiger partial charge in [0, 0.05) is 19.2 Å². The molecule has 2 heterocycles. The normalized spacial score (nSPS) is 13.7. The van der Waals surface area contributed by atoms with Gasteiger partial charge in [-0.2, -0.15) is 5.10 Å². The van der Waals surface area contributed by atoms with E-state index in [4.69, 9.17) is 0 Å². The van der Waals surface area contributed by atoms with Crippen LogP contribution in [-0.2, 0) is 13.0 Å². The van der Waals surface area contributed by atoms with Crippen LogP contribution in [0.15, 0.2) is 36.7 Å². The summed E-state index contributed by atoms with van der Waals surface area (Å²) in [6.45, 7) is 2.47. The summed E-state index contributed by atoms with van der Waals surface area (Å²) in [5.74, 6) is -0.121. The predicted molar refractivity (Wildman–Crippen MR) is 92.6 cm³/mol. The Bertz CT molecular complexity index is 990. The first-order valence-electron chi connectivity index (χ1n) is 8.36. The average Bonchev–Trinajstić information content (AvgIpc) is 3.06. The summed E-state index contributed by atoms with van der Waals surface area (Å²) < 4.78 is 1.63. The summed E-state index contributed by atoms with van der Waals surface area (Å²) in [6.07, 6.45) is 5.22. The lowest BCUT2D eigenvalue weighted by Crippen LogP contribution is -2.23. The van der Waals surface area contributed by atoms with Gasteiger partial charge in [-0.3, -0.25) is 9.59 Å². The second-order valence-corrected chi connectivity index (χ2v) is 6.30. The number of ketones is 1. The van der Waals surface area contributed by atoms with Crippen LogP contribution < -0.4 is 5.32 Å². The van der Waals surface area contributed by atoms with Gasteiger partial charge in [0.15, 0.2) is 11.4 Å². The number of amides is 1. The van der Waals surface area contributed by atoms with E-state index in [0.29, 0.717) is 29.7 Å². The lowest BCUT2D eigenvalue weighted by molar-refractivity contribution is 0.0950. The number of hydrogen-bond acceptors (Lipinski definition) is 4. The van der Waals surface area contributed by atoms with Gasteiger partial charge in [-0.25, -0.2) is 9.50 Å². The van der Waals surface area contributed by atoms with Gasteiger partial charge in [-0.1, -0.05) is 24.3 Å². The molecule has 1 aromatic carbocycles. The molecule has 3 aromatic rings. The maximum Gasteiger partial charge on any atom is 0.257 e. The number of Topliss-reactive ketones (excluding diaryl/α,β-unsaturated/α-hetero) is 1. The number of aromatic nitrogens is 3. The van der Waals surface area contributed by atoms with E-state index in [-0.39, 0.29) is 11.7 Å². The molecule has 1 N–H and O–H groups in total. The molecule has 1 amide bonds. The van der Waals surface area contributed by atoms with Gasteiger partial charge in [-0.15, -0.1) is 0 Å². The number of nitrogens with one attached hydrogen (secondary N) is 1. The Hall–Kier alpha value is -3.02. The predicted octanol–water partition coefficient (Wildman–Crippen LogP) is 2.49. The Morgan fingerprint density at radius 2 is 2.08 bits per heavy atom. The van der Waals surface area contributed by atoms with Crippen LogP contribution in [0.2, 0.25) is 0 Å². The molecule has 0 radical (unpaired) electrons. The summed E-state index contributed by atoms with van der Waals surface area (Å²) in [5, 5.41) is 7.23. The largest absolute Gasteiger partial charge is 0.348 e. The van der Waals surface area contributed by atoms with Crippen molar-refractivity contribution in [2.75, 3.05) is 0 Å². The topological polar surface area (TPSA) is 76.4 Å². The Kier molecular flexibility index (Phi) is 3.80. The summed E-state index contributed by atoms with van der Waals surface area (Å²) in [5.41, 5.74) is 4.59. The smallest absolute Gasteiger partial charge is 0.257 e. The molecule has 0 aliphatic heterocycles. The molecule has 4 rings (SSSR count). The van der Waals surface area contributed by atoms with Crippen LogP contribution in [0.4, 0.5) is 0 Å². The summed E-state index contributed by atoms with van der Waals surface area (Å²) in [7, 11) is 0. The van der Waals surface area contributed by atoms with E-state index in [2.05, 4.69) is 15.4 Å². The summed E-state index contributed by atoms with van der Waals surface area (Å²) in [6, 6.07) is 7.93. The molecule has 2 aromatic heterocycles. The number of nitrogens with zero attached hydrogens (tertiary/aromatic N) is 3. The summed E-state index contributed by atoms with van der Waals surface area (Å²) in [4.78, 5) is 28.9. The Balaban J connectivity index is 1.62. The van der Waals surface area contributed by atoms with E-state index < -0.39 is 0 Å². The Labute approximate surface area is 144 Å². The molecule has 0 fully saturated rings. The molecular formula is C19H18N4O2. The Morgan fingerprint density at radius 1 is 1.24 bits per heavy atom. The van der Waals surface area contributed by atoms with Gasteiger partial charge in [-0.05, 0) is 30.9 Å². The lowest BCUT2D eigenvalue weighted by Gasteiger charge is -2.15. The third kappa shape index (κ3) is 2.69. The number of rotatable bonds is 3. The molecule has 25 heavy (non-hydrogen) atoms.